The molecular weight excluding hydrogens is 194 g/mol. The van der Waals surface area contributed by atoms with Crippen LogP contribution in [0.5, 0.6) is 0 Å². The van der Waals surface area contributed by atoms with E-state index < -0.39 is 17.6 Å². The molecule has 15 heavy (non-hydrogen) atoms. The molecule has 1 unspecified atom stereocenters. The molecule has 5 nitrogen and oxygen atoms in total. The van der Waals surface area contributed by atoms with Crippen LogP contribution in [0.2, 0.25) is 0 Å². The number of hydrogen-bond donors (Lipinski definition) is 0. The van der Waals surface area contributed by atoms with Crippen LogP contribution >= 0.6 is 0 Å². The van der Waals surface area contributed by atoms with E-state index in [4.69, 9.17) is 5.53 Å². The first kappa shape index (κ1) is 10.9. The van der Waals surface area contributed by atoms with E-state index in [1.807, 2.05) is 0 Å². The summed E-state index contributed by atoms with van der Waals surface area (Å²) < 4.78 is 0. The van der Waals surface area contributed by atoms with Gasteiger partial charge in [-0.2, -0.15) is 0 Å². The van der Waals surface area contributed by atoms with Crippen LogP contribution in [-0.2, 0) is 4.79 Å². The van der Waals surface area contributed by atoms with Gasteiger partial charge < -0.3 is 0 Å². The van der Waals surface area contributed by atoms with Gasteiger partial charge in [-0.3, -0.25) is 9.59 Å². The minimum atomic E-state index is -1.25. The molecule has 0 saturated heterocycles. The zero-order valence-corrected chi connectivity index (χ0v) is 8.12. The molecule has 0 N–H and O–H groups in total. The predicted octanol–water partition coefficient (Wildman–Crippen LogP) is 2.14. The standard InChI is InChI=1S/C10H9N3O2/c1-7(14)9(12-13-11)10(15)8-5-3-2-4-6-8/h2-6,9H,1H3. The maximum Gasteiger partial charge on any atom is 0.179 e. The second-order valence-electron chi connectivity index (χ2n) is 2.95. The van der Waals surface area contributed by atoms with Crippen molar-refractivity contribution in [1.29, 1.82) is 0 Å². The Labute approximate surface area is 86.3 Å². The molecule has 1 aromatic rings. The number of rotatable bonds is 4. The van der Waals surface area contributed by atoms with Gasteiger partial charge in [-0.15, -0.1) is 0 Å². The minimum Gasteiger partial charge on any atom is -0.299 e. The number of hydrogen-bond acceptors (Lipinski definition) is 3. The Bertz CT molecular complexity index is 420. The predicted molar refractivity (Wildman–Crippen MR) is 54.4 cm³/mol. The van der Waals surface area contributed by atoms with Gasteiger partial charge in [-0.25, -0.2) is 0 Å². The number of carbonyl (C=O) groups is 2. The summed E-state index contributed by atoms with van der Waals surface area (Å²) in [5.74, 6) is -0.928. The Morgan fingerprint density at radius 1 is 1.33 bits per heavy atom. The molecule has 1 aromatic carbocycles. The second kappa shape index (κ2) is 4.93. The maximum atomic E-state index is 11.7. The summed E-state index contributed by atoms with van der Waals surface area (Å²) in [4.78, 5) is 25.2. The average molecular weight is 203 g/mol. The number of nitrogens with zero attached hydrogens (tertiary/aromatic N) is 3. The number of carbonyl (C=O) groups excluding carboxylic acids is 2. The van der Waals surface area contributed by atoms with Gasteiger partial charge in [-0.1, -0.05) is 35.4 Å². The van der Waals surface area contributed by atoms with E-state index in [0.29, 0.717) is 5.56 Å². The SMILES string of the molecule is CC(=O)C(N=[N+]=[N-])C(=O)c1ccccc1. The first-order valence-electron chi connectivity index (χ1n) is 4.30. The fourth-order valence-electron chi connectivity index (χ4n) is 1.13. The fraction of sp³-hybridized carbons (Fsp3) is 0.200. The Morgan fingerprint density at radius 3 is 2.40 bits per heavy atom. The fourth-order valence-corrected chi connectivity index (χ4v) is 1.13. The summed E-state index contributed by atoms with van der Waals surface area (Å²) in [6.45, 7) is 1.22. The van der Waals surface area contributed by atoms with Crippen LogP contribution in [0.3, 0.4) is 0 Å². The van der Waals surface area contributed by atoms with E-state index in [9.17, 15) is 9.59 Å². The van der Waals surface area contributed by atoms with E-state index in [-0.39, 0.29) is 0 Å². The molecule has 1 atom stereocenters. The van der Waals surface area contributed by atoms with Crippen molar-refractivity contribution in [2.24, 2.45) is 5.11 Å². The molecule has 0 heterocycles. The van der Waals surface area contributed by atoms with Crippen molar-refractivity contribution >= 4 is 11.6 Å². The maximum absolute atomic E-state index is 11.7. The lowest BCUT2D eigenvalue weighted by Crippen LogP contribution is -2.25. The van der Waals surface area contributed by atoms with Crippen molar-refractivity contribution in [2.45, 2.75) is 13.0 Å². The van der Waals surface area contributed by atoms with Crippen molar-refractivity contribution in [3.8, 4) is 0 Å². The lowest BCUT2D eigenvalue weighted by atomic mass is 10.0. The molecule has 0 radical (unpaired) electrons. The van der Waals surface area contributed by atoms with Crippen molar-refractivity contribution in [1.82, 2.24) is 0 Å². The molecule has 5 heteroatoms. The van der Waals surface area contributed by atoms with E-state index >= 15 is 0 Å². The molecule has 0 fully saturated rings. The number of ketones is 2. The molecule has 0 aromatic heterocycles. The van der Waals surface area contributed by atoms with E-state index in [0.717, 1.165) is 0 Å². The van der Waals surface area contributed by atoms with Crippen LogP contribution in [0.25, 0.3) is 10.4 Å². The van der Waals surface area contributed by atoms with Crippen molar-refractivity contribution in [3.63, 3.8) is 0 Å². The molecule has 0 aliphatic heterocycles. The second-order valence-corrected chi connectivity index (χ2v) is 2.95. The third-order valence-electron chi connectivity index (χ3n) is 1.86. The molecular formula is C10H9N3O2. The monoisotopic (exact) mass is 203 g/mol. The van der Waals surface area contributed by atoms with Crippen LogP contribution in [0.1, 0.15) is 17.3 Å². The Hall–Kier alpha value is -2.13. The smallest absolute Gasteiger partial charge is 0.179 e. The topological polar surface area (TPSA) is 82.9 Å². The average Bonchev–Trinajstić information content (AvgIpc) is 2.26. The van der Waals surface area contributed by atoms with Crippen LogP contribution < -0.4 is 0 Å². The van der Waals surface area contributed by atoms with Crippen LogP contribution in [0.15, 0.2) is 35.4 Å². The largest absolute Gasteiger partial charge is 0.299 e. The summed E-state index contributed by atoms with van der Waals surface area (Å²) >= 11 is 0. The minimum absolute atomic E-state index is 0.366. The lowest BCUT2D eigenvalue weighted by molar-refractivity contribution is -0.117. The van der Waals surface area contributed by atoms with Crippen LogP contribution in [0, 0.1) is 0 Å². The van der Waals surface area contributed by atoms with Gasteiger partial charge in [0.25, 0.3) is 0 Å². The highest BCUT2D eigenvalue weighted by Crippen LogP contribution is 2.07. The molecule has 0 aliphatic rings. The van der Waals surface area contributed by atoms with Gasteiger partial charge in [0.05, 0.1) is 0 Å². The highest BCUT2D eigenvalue weighted by atomic mass is 16.2. The highest BCUT2D eigenvalue weighted by molar-refractivity contribution is 6.13. The molecule has 0 saturated carbocycles. The molecule has 0 spiro atoms. The first-order chi connectivity index (χ1) is 7.16. The zero-order chi connectivity index (χ0) is 11.3. The third kappa shape index (κ3) is 2.65. The Kier molecular flexibility index (Phi) is 3.60. The number of azide groups is 1. The van der Waals surface area contributed by atoms with Gasteiger partial charge in [0, 0.05) is 10.5 Å². The van der Waals surface area contributed by atoms with Crippen molar-refractivity contribution in [3.05, 3.63) is 46.3 Å². The Morgan fingerprint density at radius 2 is 1.93 bits per heavy atom. The van der Waals surface area contributed by atoms with E-state index in [1.165, 1.54) is 6.92 Å². The third-order valence-corrected chi connectivity index (χ3v) is 1.86. The normalized spacial score (nSPS) is 11.3. The highest BCUT2D eigenvalue weighted by Gasteiger charge is 2.22. The summed E-state index contributed by atoms with van der Waals surface area (Å²) in [6.07, 6.45) is 0. The molecule has 76 valence electrons. The van der Waals surface area contributed by atoms with E-state index in [2.05, 4.69) is 10.0 Å². The molecule has 0 aliphatic carbocycles. The summed E-state index contributed by atoms with van der Waals surface area (Å²) in [5.41, 5.74) is 8.60. The van der Waals surface area contributed by atoms with Gasteiger partial charge in [0.15, 0.2) is 11.8 Å². The van der Waals surface area contributed by atoms with Crippen LogP contribution in [-0.4, -0.2) is 17.6 Å². The number of benzene rings is 1. The number of Topliss-reactive ketones (excluding diaryl/α,β-unsaturated/α-hetero) is 2. The van der Waals surface area contributed by atoms with E-state index in [1.54, 1.807) is 30.3 Å². The van der Waals surface area contributed by atoms with Gasteiger partial charge in [0.2, 0.25) is 0 Å². The zero-order valence-electron chi connectivity index (χ0n) is 8.12. The summed E-state index contributed by atoms with van der Waals surface area (Å²) in [6, 6.07) is 7.02. The molecule has 1 rings (SSSR count). The Balaban J connectivity index is 3.01. The lowest BCUT2D eigenvalue weighted by Gasteiger charge is -2.05. The summed E-state index contributed by atoms with van der Waals surface area (Å²) in [7, 11) is 0. The quantitative estimate of drug-likeness (QED) is 0.247. The van der Waals surface area contributed by atoms with Crippen molar-refractivity contribution in [2.75, 3.05) is 0 Å². The molecule has 0 amide bonds. The van der Waals surface area contributed by atoms with Gasteiger partial charge >= 0.3 is 0 Å². The van der Waals surface area contributed by atoms with Crippen LogP contribution in [0.4, 0.5) is 0 Å². The first-order valence-corrected chi connectivity index (χ1v) is 4.30. The van der Waals surface area contributed by atoms with Gasteiger partial charge in [-0.05, 0) is 12.5 Å². The van der Waals surface area contributed by atoms with Gasteiger partial charge in [0.1, 0.15) is 5.78 Å². The van der Waals surface area contributed by atoms with Crippen molar-refractivity contribution < 1.29 is 9.59 Å². The summed E-state index contributed by atoms with van der Waals surface area (Å²) in [5, 5.41) is 3.18. The molecule has 0 bridgehead atoms.